The van der Waals surface area contributed by atoms with E-state index < -0.39 is 10.0 Å². The second-order valence-corrected chi connectivity index (χ2v) is 7.76. The zero-order valence-corrected chi connectivity index (χ0v) is 11.7. The fraction of sp³-hybridized carbons (Fsp3) is 1.00. The number of nitrogens with zero attached hydrogens (tertiary/aromatic N) is 1. The van der Waals surface area contributed by atoms with Crippen molar-refractivity contribution in [3.63, 3.8) is 0 Å². The minimum atomic E-state index is -3.02. The molecular formula is C12H24N2O2S. The molecule has 0 aromatic carbocycles. The first-order valence-corrected chi connectivity index (χ1v) is 8.28. The molecule has 0 bridgehead atoms. The highest BCUT2D eigenvalue weighted by molar-refractivity contribution is 7.89. The van der Waals surface area contributed by atoms with Crippen molar-refractivity contribution < 1.29 is 8.42 Å². The van der Waals surface area contributed by atoms with E-state index in [1.165, 1.54) is 0 Å². The van der Waals surface area contributed by atoms with Crippen LogP contribution in [0.15, 0.2) is 0 Å². The maximum Gasteiger partial charge on any atom is 0.214 e. The van der Waals surface area contributed by atoms with Gasteiger partial charge in [-0.05, 0) is 43.7 Å². The van der Waals surface area contributed by atoms with Crippen LogP contribution in [0.1, 0.15) is 26.7 Å². The summed E-state index contributed by atoms with van der Waals surface area (Å²) in [4.78, 5) is 0. The van der Waals surface area contributed by atoms with Crippen LogP contribution < -0.4 is 5.32 Å². The lowest BCUT2D eigenvalue weighted by molar-refractivity contribution is 0.388. The van der Waals surface area contributed by atoms with Crippen molar-refractivity contribution >= 4 is 10.0 Å². The summed E-state index contributed by atoms with van der Waals surface area (Å²) >= 11 is 0. The molecular weight excluding hydrogens is 236 g/mol. The molecule has 0 radical (unpaired) electrons. The molecule has 0 aromatic heterocycles. The van der Waals surface area contributed by atoms with Crippen molar-refractivity contribution in [1.82, 2.24) is 9.62 Å². The van der Waals surface area contributed by atoms with E-state index in [0.29, 0.717) is 36.6 Å². The molecule has 2 rings (SSSR count). The molecule has 2 atom stereocenters. The third kappa shape index (κ3) is 3.20. The predicted molar refractivity (Wildman–Crippen MR) is 69.3 cm³/mol. The first-order valence-electron chi connectivity index (χ1n) is 6.67. The Morgan fingerprint density at radius 2 is 1.65 bits per heavy atom. The zero-order valence-electron chi connectivity index (χ0n) is 10.9. The summed E-state index contributed by atoms with van der Waals surface area (Å²) in [5.41, 5.74) is 0. The molecule has 100 valence electrons. The van der Waals surface area contributed by atoms with Crippen molar-refractivity contribution in [2.24, 2.45) is 17.8 Å². The van der Waals surface area contributed by atoms with Gasteiger partial charge in [0.2, 0.25) is 10.0 Å². The third-order valence-corrected chi connectivity index (χ3v) is 6.23. The molecule has 0 aromatic rings. The minimum absolute atomic E-state index is 0.354. The van der Waals surface area contributed by atoms with Gasteiger partial charge in [0, 0.05) is 13.1 Å². The van der Waals surface area contributed by atoms with Crippen LogP contribution in [0, 0.1) is 17.8 Å². The molecule has 0 aliphatic carbocycles. The largest absolute Gasteiger partial charge is 0.317 e. The predicted octanol–water partition coefficient (Wildman–Crippen LogP) is 0.904. The van der Waals surface area contributed by atoms with Gasteiger partial charge in [0.15, 0.2) is 0 Å². The van der Waals surface area contributed by atoms with Gasteiger partial charge < -0.3 is 5.32 Å². The van der Waals surface area contributed by atoms with Crippen molar-refractivity contribution in [3.05, 3.63) is 0 Å². The number of hydrogen-bond donors (Lipinski definition) is 1. The molecule has 0 amide bonds. The molecule has 0 saturated carbocycles. The Morgan fingerprint density at radius 3 is 2.18 bits per heavy atom. The normalized spacial score (nSPS) is 33.1. The molecule has 17 heavy (non-hydrogen) atoms. The van der Waals surface area contributed by atoms with Crippen LogP contribution in [0.2, 0.25) is 0 Å². The Morgan fingerprint density at radius 1 is 1.12 bits per heavy atom. The second-order valence-electron chi connectivity index (χ2n) is 5.74. The summed E-state index contributed by atoms with van der Waals surface area (Å²) in [6.45, 7) is 7.65. The second kappa shape index (κ2) is 5.24. The Bertz CT molecular complexity index is 340. The summed E-state index contributed by atoms with van der Waals surface area (Å²) in [7, 11) is -3.02. The van der Waals surface area contributed by atoms with E-state index in [1.807, 2.05) is 0 Å². The molecule has 4 nitrogen and oxygen atoms in total. The molecule has 2 aliphatic heterocycles. The number of hydrogen-bond acceptors (Lipinski definition) is 3. The Labute approximate surface area is 105 Å². The maximum absolute atomic E-state index is 12.3. The molecule has 0 spiro atoms. The van der Waals surface area contributed by atoms with Crippen molar-refractivity contribution in [2.45, 2.75) is 26.7 Å². The van der Waals surface area contributed by atoms with E-state index in [4.69, 9.17) is 0 Å². The summed E-state index contributed by atoms with van der Waals surface area (Å²) in [6.07, 6.45) is 2.00. The fourth-order valence-electron chi connectivity index (χ4n) is 2.76. The number of nitrogens with one attached hydrogen (secondary N) is 1. The average molecular weight is 260 g/mol. The van der Waals surface area contributed by atoms with Crippen LogP contribution in [-0.2, 0) is 10.0 Å². The Hall–Kier alpha value is -0.130. The van der Waals surface area contributed by atoms with Gasteiger partial charge in [-0.1, -0.05) is 13.8 Å². The highest BCUT2D eigenvalue weighted by Crippen LogP contribution is 2.26. The molecule has 2 heterocycles. The van der Waals surface area contributed by atoms with Crippen LogP contribution in [0.25, 0.3) is 0 Å². The van der Waals surface area contributed by atoms with Crippen LogP contribution >= 0.6 is 0 Å². The zero-order chi connectivity index (χ0) is 12.5. The summed E-state index contributed by atoms with van der Waals surface area (Å²) in [5, 5.41) is 3.28. The summed E-state index contributed by atoms with van der Waals surface area (Å²) in [6, 6.07) is 0. The van der Waals surface area contributed by atoms with Crippen LogP contribution in [0.4, 0.5) is 0 Å². The molecule has 5 heteroatoms. The standard InChI is InChI=1S/C12H24N2O2S/c1-10-7-14(8-11(10)2)17(15,16)9-12-3-5-13-6-4-12/h10-13H,3-9H2,1-2H3. The monoisotopic (exact) mass is 260 g/mol. The van der Waals surface area contributed by atoms with Gasteiger partial charge in [-0.2, -0.15) is 0 Å². The van der Waals surface area contributed by atoms with Gasteiger partial charge in [0.1, 0.15) is 0 Å². The molecule has 2 unspecified atom stereocenters. The lowest BCUT2D eigenvalue weighted by Gasteiger charge is -2.25. The number of sulfonamides is 1. The van der Waals surface area contributed by atoms with Crippen molar-refractivity contribution in [1.29, 1.82) is 0 Å². The van der Waals surface area contributed by atoms with Gasteiger partial charge in [-0.15, -0.1) is 0 Å². The van der Waals surface area contributed by atoms with Crippen LogP contribution in [-0.4, -0.2) is 44.7 Å². The quantitative estimate of drug-likeness (QED) is 0.820. The first kappa shape index (κ1) is 13.3. The van der Waals surface area contributed by atoms with E-state index in [2.05, 4.69) is 19.2 Å². The van der Waals surface area contributed by atoms with Gasteiger partial charge in [-0.25, -0.2) is 12.7 Å². The maximum atomic E-state index is 12.3. The van der Waals surface area contributed by atoms with E-state index in [9.17, 15) is 8.42 Å². The van der Waals surface area contributed by atoms with E-state index in [1.54, 1.807) is 4.31 Å². The van der Waals surface area contributed by atoms with Gasteiger partial charge in [0.05, 0.1) is 5.75 Å². The number of rotatable bonds is 3. The number of piperidine rings is 1. The lowest BCUT2D eigenvalue weighted by atomic mass is 10.0. The average Bonchev–Trinajstić information content (AvgIpc) is 2.61. The Balaban J connectivity index is 1.94. The smallest absolute Gasteiger partial charge is 0.214 e. The van der Waals surface area contributed by atoms with Gasteiger partial charge in [-0.3, -0.25) is 0 Å². The fourth-order valence-corrected chi connectivity index (χ4v) is 4.82. The molecule has 2 fully saturated rings. The molecule has 2 saturated heterocycles. The highest BCUT2D eigenvalue weighted by Gasteiger charge is 2.35. The third-order valence-electron chi connectivity index (χ3n) is 4.25. The van der Waals surface area contributed by atoms with Gasteiger partial charge >= 0.3 is 0 Å². The van der Waals surface area contributed by atoms with Crippen LogP contribution in [0.3, 0.4) is 0 Å². The summed E-state index contributed by atoms with van der Waals surface area (Å²) < 4.78 is 26.3. The van der Waals surface area contributed by atoms with Crippen LogP contribution in [0.5, 0.6) is 0 Å². The minimum Gasteiger partial charge on any atom is -0.317 e. The lowest BCUT2D eigenvalue weighted by Crippen LogP contribution is -2.37. The highest BCUT2D eigenvalue weighted by atomic mass is 32.2. The Kier molecular flexibility index (Phi) is 4.10. The van der Waals surface area contributed by atoms with Crippen molar-refractivity contribution in [2.75, 3.05) is 31.9 Å². The molecule has 2 aliphatic rings. The topological polar surface area (TPSA) is 49.4 Å². The van der Waals surface area contributed by atoms with E-state index in [0.717, 1.165) is 25.9 Å². The van der Waals surface area contributed by atoms with E-state index >= 15 is 0 Å². The van der Waals surface area contributed by atoms with Gasteiger partial charge in [0.25, 0.3) is 0 Å². The SMILES string of the molecule is CC1CN(S(=O)(=O)CC2CCNCC2)CC1C. The van der Waals surface area contributed by atoms with E-state index in [-0.39, 0.29) is 0 Å². The first-order chi connectivity index (χ1) is 7.99. The van der Waals surface area contributed by atoms with Crippen molar-refractivity contribution in [3.8, 4) is 0 Å². The summed E-state index contributed by atoms with van der Waals surface area (Å²) in [5.74, 6) is 1.71. The molecule has 1 N–H and O–H groups in total.